The van der Waals surface area contributed by atoms with E-state index in [1.165, 1.54) is 0 Å². The van der Waals surface area contributed by atoms with Gasteiger partial charge in [0.05, 0.1) is 11.7 Å². The van der Waals surface area contributed by atoms with Crippen LogP contribution in [0, 0.1) is 0 Å². The molecule has 0 amide bonds. The Morgan fingerprint density at radius 1 is 1.47 bits per heavy atom. The lowest BCUT2D eigenvalue weighted by atomic mass is 10.0. The lowest BCUT2D eigenvalue weighted by Gasteiger charge is -2.06. The third-order valence-corrected chi connectivity index (χ3v) is 3.06. The van der Waals surface area contributed by atoms with E-state index in [1.54, 1.807) is 11.8 Å². The van der Waals surface area contributed by atoms with Gasteiger partial charge in [-0.15, -0.1) is 0 Å². The van der Waals surface area contributed by atoms with E-state index in [1.807, 2.05) is 0 Å². The monoisotopic (exact) mass is 229 g/mol. The highest BCUT2D eigenvalue weighted by Gasteiger charge is 2.16. The molecular weight excluding hydrogens is 210 g/mol. The van der Waals surface area contributed by atoms with Crippen LogP contribution in [0.5, 0.6) is 0 Å². The van der Waals surface area contributed by atoms with Crippen LogP contribution in [0.2, 0.25) is 0 Å². The molecule has 0 aromatic carbocycles. The van der Waals surface area contributed by atoms with E-state index in [9.17, 15) is 0 Å². The van der Waals surface area contributed by atoms with Crippen molar-refractivity contribution in [3.05, 3.63) is 11.7 Å². The summed E-state index contributed by atoms with van der Waals surface area (Å²) in [5, 5.41) is 3.94. The normalized spacial score (nSPS) is 13.0. The van der Waals surface area contributed by atoms with Gasteiger partial charge in [0.1, 0.15) is 0 Å². The smallest absolute Gasteiger partial charge is 0.231 e. The third kappa shape index (κ3) is 3.83. The van der Waals surface area contributed by atoms with Crippen molar-refractivity contribution in [2.75, 3.05) is 12.3 Å². The van der Waals surface area contributed by atoms with Gasteiger partial charge in [0.2, 0.25) is 5.89 Å². The fourth-order valence-electron chi connectivity index (χ4n) is 1.38. The third-order valence-electron chi connectivity index (χ3n) is 2.19. The van der Waals surface area contributed by atoms with E-state index < -0.39 is 0 Å². The second kappa shape index (κ2) is 6.85. The Balaban J connectivity index is 2.56. The molecule has 0 saturated carbocycles. The molecule has 0 radical (unpaired) electrons. The topological polar surface area (TPSA) is 64.9 Å². The van der Waals surface area contributed by atoms with Crippen LogP contribution in [0.15, 0.2) is 4.52 Å². The van der Waals surface area contributed by atoms with Gasteiger partial charge in [-0.25, -0.2) is 0 Å². The van der Waals surface area contributed by atoms with Crippen molar-refractivity contribution >= 4 is 11.8 Å². The fourth-order valence-corrected chi connectivity index (χ4v) is 1.88. The zero-order valence-electron chi connectivity index (χ0n) is 9.40. The summed E-state index contributed by atoms with van der Waals surface area (Å²) in [5.41, 5.74) is 5.67. The van der Waals surface area contributed by atoms with Crippen LogP contribution in [0.4, 0.5) is 0 Å². The highest BCUT2D eigenvalue weighted by Crippen LogP contribution is 2.19. The molecule has 1 heterocycles. The molecule has 1 atom stereocenters. The van der Waals surface area contributed by atoms with Crippen LogP contribution in [-0.4, -0.2) is 22.4 Å². The minimum atomic E-state index is 0.225. The Bertz CT molecular complexity index is 277. The van der Waals surface area contributed by atoms with Crippen molar-refractivity contribution in [3.63, 3.8) is 0 Å². The van der Waals surface area contributed by atoms with Gasteiger partial charge in [-0.2, -0.15) is 16.7 Å². The molecule has 1 rings (SSSR count). The standard InChI is InChI=1S/C10H19N3OS/c1-3-5-8(6-11)10-12-9(13-14-10)7-15-4-2/h8H,3-7,11H2,1-2H3. The summed E-state index contributed by atoms with van der Waals surface area (Å²) in [6, 6.07) is 0. The summed E-state index contributed by atoms with van der Waals surface area (Å²) in [6.45, 7) is 4.83. The van der Waals surface area contributed by atoms with Gasteiger partial charge < -0.3 is 10.3 Å². The predicted molar refractivity (Wildman–Crippen MR) is 62.8 cm³/mol. The molecule has 86 valence electrons. The van der Waals surface area contributed by atoms with Crippen molar-refractivity contribution in [2.24, 2.45) is 5.73 Å². The lowest BCUT2D eigenvalue weighted by Crippen LogP contribution is -2.12. The number of hydrogen-bond donors (Lipinski definition) is 1. The van der Waals surface area contributed by atoms with Gasteiger partial charge in [0.25, 0.3) is 0 Å². The SMILES string of the molecule is CCCC(CN)c1nc(CSCC)no1. The molecule has 0 bridgehead atoms. The predicted octanol–water partition coefficient (Wildman–Crippen LogP) is 2.17. The first-order chi connectivity index (χ1) is 7.31. The molecule has 0 saturated heterocycles. The molecule has 1 aromatic rings. The van der Waals surface area contributed by atoms with Gasteiger partial charge in [-0.1, -0.05) is 25.4 Å². The van der Waals surface area contributed by atoms with Crippen LogP contribution in [0.25, 0.3) is 0 Å². The highest BCUT2D eigenvalue weighted by molar-refractivity contribution is 7.98. The van der Waals surface area contributed by atoms with E-state index in [2.05, 4.69) is 24.0 Å². The van der Waals surface area contributed by atoms with Crippen molar-refractivity contribution in [1.82, 2.24) is 10.1 Å². The molecule has 0 fully saturated rings. The average Bonchev–Trinajstić information content (AvgIpc) is 2.71. The molecule has 0 aliphatic carbocycles. The number of nitrogens with zero attached hydrogens (tertiary/aromatic N) is 2. The Morgan fingerprint density at radius 2 is 2.27 bits per heavy atom. The van der Waals surface area contributed by atoms with Gasteiger partial charge in [0, 0.05) is 6.54 Å². The zero-order valence-corrected chi connectivity index (χ0v) is 10.2. The van der Waals surface area contributed by atoms with Crippen molar-refractivity contribution in [1.29, 1.82) is 0 Å². The molecule has 1 unspecified atom stereocenters. The van der Waals surface area contributed by atoms with E-state index in [4.69, 9.17) is 10.3 Å². The number of aromatic nitrogens is 2. The second-order valence-electron chi connectivity index (χ2n) is 3.41. The van der Waals surface area contributed by atoms with E-state index in [0.717, 1.165) is 30.2 Å². The molecular formula is C10H19N3OS. The average molecular weight is 229 g/mol. The summed E-state index contributed by atoms with van der Waals surface area (Å²) in [4.78, 5) is 4.36. The molecule has 5 heteroatoms. The van der Waals surface area contributed by atoms with Crippen molar-refractivity contribution in [3.8, 4) is 0 Å². The first-order valence-electron chi connectivity index (χ1n) is 5.42. The minimum absolute atomic E-state index is 0.225. The summed E-state index contributed by atoms with van der Waals surface area (Å²) < 4.78 is 5.21. The molecule has 2 N–H and O–H groups in total. The number of hydrogen-bond acceptors (Lipinski definition) is 5. The van der Waals surface area contributed by atoms with Crippen molar-refractivity contribution < 1.29 is 4.52 Å². The van der Waals surface area contributed by atoms with E-state index in [0.29, 0.717) is 12.4 Å². The van der Waals surface area contributed by atoms with Crippen molar-refractivity contribution in [2.45, 2.75) is 38.4 Å². The molecule has 0 spiro atoms. The van der Waals surface area contributed by atoms with Gasteiger partial charge in [-0.05, 0) is 12.2 Å². The summed E-state index contributed by atoms with van der Waals surface area (Å²) >= 11 is 1.79. The quantitative estimate of drug-likeness (QED) is 0.776. The van der Waals surface area contributed by atoms with Crippen LogP contribution in [0.1, 0.15) is 44.3 Å². The highest BCUT2D eigenvalue weighted by atomic mass is 32.2. The van der Waals surface area contributed by atoms with Crippen LogP contribution in [0.3, 0.4) is 0 Å². The summed E-state index contributed by atoms with van der Waals surface area (Å²) in [6.07, 6.45) is 2.10. The van der Waals surface area contributed by atoms with Crippen LogP contribution in [-0.2, 0) is 5.75 Å². The lowest BCUT2D eigenvalue weighted by molar-refractivity contribution is 0.344. The van der Waals surface area contributed by atoms with E-state index in [-0.39, 0.29) is 5.92 Å². The first-order valence-corrected chi connectivity index (χ1v) is 6.57. The minimum Gasteiger partial charge on any atom is -0.339 e. The Labute approximate surface area is 95.0 Å². The summed E-state index contributed by atoms with van der Waals surface area (Å²) in [5.74, 6) is 3.60. The zero-order chi connectivity index (χ0) is 11.1. The molecule has 15 heavy (non-hydrogen) atoms. The maximum atomic E-state index is 5.67. The summed E-state index contributed by atoms with van der Waals surface area (Å²) in [7, 11) is 0. The van der Waals surface area contributed by atoms with Gasteiger partial charge in [0.15, 0.2) is 5.82 Å². The first kappa shape index (κ1) is 12.5. The Morgan fingerprint density at radius 3 is 2.87 bits per heavy atom. The number of rotatable bonds is 7. The fraction of sp³-hybridized carbons (Fsp3) is 0.800. The Kier molecular flexibility index (Phi) is 5.71. The maximum Gasteiger partial charge on any atom is 0.231 e. The second-order valence-corrected chi connectivity index (χ2v) is 4.68. The molecule has 1 aromatic heterocycles. The molecule has 4 nitrogen and oxygen atoms in total. The van der Waals surface area contributed by atoms with Gasteiger partial charge in [-0.3, -0.25) is 0 Å². The Hall–Kier alpha value is -0.550. The van der Waals surface area contributed by atoms with Gasteiger partial charge >= 0.3 is 0 Å². The number of thioether (sulfide) groups is 1. The van der Waals surface area contributed by atoms with E-state index >= 15 is 0 Å². The number of nitrogens with two attached hydrogens (primary N) is 1. The van der Waals surface area contributed by atoms with Crippen LogP contribution < -0.4 is 5.73 Å². The maximum absolute atomic E-state index is 5.67. The molecule has 0 aliphatic heterocycles. The largest absolute Gasteiger partial charge is 0.339 e. The molecule has 0 aliphatic rings. The van der Waals surface area contributed by atoms with Crippen LogP contribution >= 0.6 is 11.8 Å².